The van der Waals surface area contributed by atoms with Gasteiger partial charge in [0.2, 0.25) is 0 Å². The van der Waals surface area contributed by atoms with Gasteiger partial charge in [-0.2, -0.15) is 0 Å². The van der Waals surface area contributed by atoms with Crippen LogP contribution in [0.4, 0.5) is 0 Å². The summed E-state index contributed by atoms with van der Waals surface area (Å²) in [5.74, 6) is 0.181. The zero-order chi connectivity index (χ0) is 10.8. The lowest BCUT2D eigenvalue weighted by Gasteiger charge is -2.20. The van der Waals surface area contributed by atoms with Crippen molar-refractivity contribution in [2.24, 2.45) is 5.73 Å². The number of hydrogen-bond acceptors (Lipinski definition) is 3. The summed E-state index contributed by atoms with van der Waals surface area (Å²) in [6.45, 7) is 3.20. The first-order valence-electron chi connectivity index (χ1n) is 4.49. The number of phenolic OH excluding ortho intramolecular Hbond substituents is 1. The molecule has 3 nitrogen and oxygen atoms in total. The second-order valence-electron chi connectivity index (χ2n) is 3.82. The van der Waals surface area contributed by atoms with Gasteiger partial charge >= 0.3 is 0 Å². The molecular weight excluding hydrogens is 178 g/mol. The molecule has 0 saturated heterocycles. The molecule has 0 spiro atoms. The molecule has 14 heavy (non-hydrogen) atoms. The van der Waals surface area contributed by atoms with Crippen molar-refractivity contribution in [3.8, 4) is 5.75 Å². The van der Waals surface area contributed by atoms with Crippen LogP contribution >= 0.6 is 0 Å². The van der Waals surface area contributed by atoms with Gasteiger partial charge in [0, 0.05) is 0 Å². The molecule has 1 aromatic carbocycles. The van der Waals surface area contributed by atoms with E-state index in [0.717, 1.165) is 5.56 Å². The van der Waals surface area contributed by atoms with Crippen LogP contribution in [0.5, 0.6) is 5.75 Å². The van der Waals surface area contributed by atoms with Gasteiger partial charge in [0.15, 0.2) is 0 Å². The second-order valence-corrected chi connectivity index (χ2v) is 3.82. The largest absolute Gasteiger partial charge is 0.508 e. The van der Waals surface area contributed by atoms with Crippen molar-refractivity contribution in [3.63, 3.8) is 0 Å². The molecule has 0 aromatic heterocycles. The average molecular weight is 193 g/mol. The van der Waals surface area contributed by atoms with Gasteiger partial charge in [-0.05, 0) is 38.0 Å². The van der Waals surface area contributed by atoms with Gasteiger partial charge in [0.1, 0.15) is 11.5 Å². The Morgan fingerprint density at radius 2 is 1.93 bits per heavy atom. The third kappa shape index (κ3) is 2.57. The van der Waals surface area contributed by atoms with Crippen LogP contribution in [-0.2, 0) is 11.2 Å². The van der Waals surface area contributed by atoms with Crippen LogP contribution in [0.1, 0.15) is 19.4 Å². The highest BCUT2D eigenvalue weighted by molar-refractivity contribution is 5.85. The van der Waals surface area contributed by atoms with Crippen molar-refractivity contribution in [1.29, 1.82) is 0 Å². The lowest BCUT2D eigenvalue weighted by Crippen LogP contribution is -2.45. The Labute approximate surface area is 83.6 Å². The maximum atomic E-state index is 11.2. The van der Waals surface area contributed by atoms with E-state index in [1.165, 1.54) is 6.92 Å². The molecule has 0 aliphatic carbocycles. The lowest BCUT2D eigenvalue weighted by atomic mass is 9.90. The lowest BCUT2D eigenvalue weighted by molar-refractivity contribution is -0.121. The topological polar surface area (TPSA) is 63.3 Å². The molecule has 1 rings (SSSR count). The average Bonchev–Trinajstić information content (AvgIpc) is 2.08. The van der Waals surface area contributed by atoms with Gasteiger partial charge in [0.25, 0.3) is 0 Å². The summed E-state index contributed by atoms with van der Waals surface area (Å²) < 4.78 is 0. The summed E-state index contributed by atoms with van der Waals surface area (Å²) in [5.41, 5.74) is 5.94. The molecule has 3 heteroatoms. The van der Waals surface area contributed by atoms with E-state index < -0.39 is 5.54 Å². The number of aromatic hydroxyl groups is 1. The third-order valence-corrected chi connectivity index (χ3v) is 2.31. The van der Waals surface area contributed by atoms with Crippen molar-refractivity contribution in [2.45, 2.75) is 25.8 Å². The maximum absolute atomic E-state index is 11.2. The van der Waals surface area contributed by atoms with Crippen LogP contribution in [0.3, 0.4) is 0 Å². The van der Waals surface area contributed by atoms with E-state index in [-0.39, 0.29) is 11.5 Å². The summed E-state index contributed by atoms with van der Waals surface area (Å²) in [5, 5.41) is 9.07. The molecule has 0 radical (unpaired) electrons. The van der Waals surface area contributed by atoms with E-state index in [0.29, 0.717) is 6.42 Å². The number of hydrogen-bond donors (Lipinski definition) is 2. The highest BCUT2D eigenvalue weighted by Gasteiger charge is 2.24. The van der Waals surface area contributed by atoms with Crippen LogP contribution in [0.15, 0.2) is 24.3 Å². The SMILES string of the molecule is CC(=O)[C@@](C)(N)Cc1ccc(O)cc1. The maximum Gasteiger partial charge on any atom is 0.149 e. The summed E-state index contributed by atoms with van der Waals surface area (Å²) in [7, 11) is 0. The standard InChI is InChI=1S/C11H15NO2/c1-8(13)11(2,12)7-9-3-5-10(14)6-4-9/h3-6,14H,7,12H2,1-2H3/t11-/m0/s1. The number of Topliss-reactive ketones (excluding diaryl/α,β-unsaturated/α-hetero) is 1. The van der Waals surface area contributed by atoms with Crippen molar-refractivity contribution in [1.82, 2.24) is 0 Å². The van der Waals surface area contributed by atoms with Crippen molar-refractivity contribution in [3.05, 3.63) is 29.8 Å². The molecule has 0 fully saturated rings. The van der Waals surface area contributed by atoms with E-state index in [1.807, 2.05) is 0 Å². The first kappa shape index (κ1) is 10.7. The summed E-state index contributed by atoms with van der Waals surface area (Å²) in [6, 6.07) is 6.71. The Hall–Kier alpha value is -1.35. The summed E-state index contributed by atoms with van der Waals surface area (Å²) in [4.78, 5) is 11.2. The Morgan fingerprint density at radius 1 is 1.43 bits per heavy atom. The van der Waals surface area contributed by atoms with Crippen LogP contribution in [0.25, 0.3) is 0 Å². The fraction of sp³-hybridized carbons (Fsp3) is 0.364. The van der Waals surface area contributed by atoms with Crippen LogP contribution in [0.2, 0.25) is 0 Å². The van der Waals surface area contributed by atoms with Crippen molar-refractivity contribution in [2.75, 3.05) is 0 Å². The van der Waals surface area contributed by atoms with Crippen molar-refractivity contribution < 1.29 is 9.90 Å². The minimum Gasteiger partial charge on any atom is -0.508 e. The minimum atomic E-state index is -0.822. The highest BCUT2D eigenvalue weighted by Crippen LogP contribution is 2.15. The Morgan fingerprint density at radius 3 is 2.36 bits per heavy atom. The molecular formula is C11H15NO2. The predicted molar refractivity (Wildman–Crippen MR) is 55.1 cm³/mol. The Balaban J connectivity index is 2.79. The third-order valence-electron chi connectivity index (χ3n) is 2.31. The van der Waals surface area contributed by atoms with Gasteiger partial charge in [-0.1, -0.05) is 12.1 Å². The molecule has 0 heterocycles. The van der Waals surface area contributed by atoms with E-state index in [4.69, 9.17) is 10.8 Å². The molecule has 0 aliphatic heterocycles. The molecule has 0 amide bonds. The van der Waals surface area contributed by atoms with Gasteiger partial charge in [-0.15, -0.1) is 0 Å². The Kier molecular flexibility index (Phi) is 2.91. The number of benzene rings is 1. The zero-order valence-corrected chi connectivity index (χ0v) is 8.45. The molecule has 0 aliphatic rings. The fourth-order valence-electron chi connectivity index (χ4n) is 1.16. The monoisotopic (exact) mass is 193 g/mol. The molecule has 3 N–H and O–H groups in total. The highest BCUT2D eigenvalue weighted by atomic mass is 16.3. The Bertz CT molecular complexity index is 328. The molecule has 0 bridgehead atoms. The zero-order valence-electron chi connectivity index (χ0n) is 8.45. The number of carbonyl (C=O) groups excluding carboxylic acids is 1. The van der Waals surface area contributed by atoms with Gasteiger partial charge in [-0.25, -0.2) is 0 Å². The number of rotatable bonds is 3. The van der Waals surface area contributed by atoms with Crippen LogP contribution < -0.4 is 5.73 Å². The minimum absolute atomic E-state index is 0.0365. The molecule has 1 aromatic rings. The molecule has 76 valence electrons. The number of nitrogens with two attached hydrogens (primary N) is 1. The fourth-order valence-corrected chi connectivity index (χ4v) is 1.16. The predicted octanol–water partition coefficient (Wildman–Crippen LogP) is 1.24. The van der Waals surface area contributed by atoms with Gasteiger partial charge < -0.3 is 10.8 Å². The van der Waals surface area contributed by atoms with Gasteiger partial charge in [0.05, 0.1) is 5.54 Å². The molecule has 0 unspecified atom stereocenters. The van der Waals surface area contributed by atoms with E-state index in [2.05, 4.69) is 0 Å². The quantitative estimate of drug-likeness (QED) is 0.759. The van der Waals surface area contributed by atoms with E-state index in [1.54, 1.807) is 31.2 Å². The number of ketones is 1. The van der Waals surface area contributed by atoms with E-state index >= 15 is 0 Å². The number of carbonyl (C=O) groups is 1. The van der Waals surface area contributed by atoms with Crippen LogP contribution in [-0.4, -0.2) is 16.4 Å². The molecule has 0 saturated carbocycles. The van der Waals surface area contributed by atoms with Crippen LogP contribution in [0, 0.1) is 0 Å². The summed E-state index contributed by atoms with van der Waals surface area (Å²) >= 11 is 0. The van der Waals surface area contributed by atoms with Crippen molar-refractivity contribution >= 4 is 5.78 Å². The number of phenols is 1. The smallest absolute Gasteiger partial charge is 0.149 e. The summed E-state index contributed by atoms with van der Waals surface area (Å²) in [6.07, 6.45) is 0.489. The normalized spacial score (nSPS) is 14.8. The van der Waals surface area contributed by atoms with E-state index in [9.17, 15) is 4.79 Å². The molecule has 1 atom stereocenters. The second kappa shape index (κ2) is 3.80. The first-order chi connectivity index (χ1) is 6.42. The first-order valence-corrected chi connectivity index (χ1v) is 4.49. The van der Waals surface area contributed by atoms with Gasteiger partial charge in [-0.3, -0.25) is 4.79 Å².